The number of amides is 1. The SMILES string of the molecule is O=C(NCC1CCC(c2ccccc2)CC1)c1cnnn1-c1ccccc1. The molecule has 0 atom stereocenters. The molecular formula is C22H24N4O. The zero-order valence-corrected chi connectivity index (χ0v) is 15.3. The zero-order valence-electron chi connectivity index (χ0n) is 15.3. The number of rotatable bonds is 5. The highest BCUT2D eigenvalue weighted by molar-refractivity contribution is 5.92. The molecule has 1 aromatic heterocycles. The summed E-state index contributed by atoms with van der Waals surface area (Å²) in [4.78, 5) is 12.6. The molecule has 1 fully saturated rings. The van der Waals surface area contributed by atoms with Gasteiger partial charge in [-0.25, -0.2) is 4.68 Å². The van der Waals surface area contributed by atoms with Crippen LogP contribution in [0.1, 0.15) is 47.7 Å². The average Bonchev–Trinajstić information content (AvgIpc) is 3.24. The van der Waals surface area contributed by atoms with Crippen LogP contribution in [0.2, 0.25) is 0 Å². The first-order chi connectivity index (χ1) is 13.3. The molecule has 0 aliphatic heterocycles. The molecule has 5 heteroatoms. The van der Waals surface area contributed by atoms with E-state index in [1.54, 1.807) is 4.68 Å². The Labute approximate surface area is 159 Å². The fourth-order valence-corrected chi connectivity index (χ4v) is 3.90. The second kappa shape index (κ2) is 8.16. The highest BCUT2D eigenvalue weighted by Crippen LogP contribution is 2.35. The maximum atomic E-state index is 12.6. The normalized spacial score (nSPS) is 19.6. The monoisotopic (exact) mass is 360 g/mol. The molecular weight excluding hydrogens is 336 g/mol. The number of nitrogens with one attached hydrogen (secondary N) is 1. The lowest BCUT2D eigenvalue weighted by molar-refractivity contribution is 0.0935. The van der Waals surface area contributed by atoms with Crippen LogP contribution in [0.15, 0.2) is 66.9 Å². The summed E-state index contributed by atoms with van der Waals surface area (Å²) in [6.07, 6.45) is 6.20. The van der Waals surface area contributed by atoms with Crippen LogP contribution in [0.4, 0.5) is 0 Å². The van der Waals surface area contributed by atoms with E-state index in [2.05, 4.69) is 46.0 Å². The number of benzene rings is 2. The van der Waals surface area contributed by atoms with E-state index in [1.807, 2.05) is 30.3 Å². The highest BCUT2D eigenvalue weighted by atomic mass is 16.2. The summed E-state index contributed by atoms with van der Waals surface area (Å²) in [6.45, 7) is 0.709. The van der Waals surface area contributed by atoms with Crippen LogP contribution < -0.4 is 5.32 Å². The lowest BCUT2D eigenvalue weighted by Crippen LogP contribution is -2.32. The van der Waals surface area contributed by atoms with Gasteiger partial charge >= 0.3 is 0 Å². The van der Waals surface area contributed by atoms with Crippen molar-refractivity contribution in [2.24, 2.45) is 5.92 Å². The van der Waals surface area contributed by atoms with Crippen LogP contribution in [-0.4, -0.2) is 27.4 Å². The topological polar surface area (TPSA) is 59.8 Å². The summed E-state index contributed by atoms with van der Waals surface area (Å²) in [5.74, 6) is 1.07. The van der Waals surface area contributed by atoms with Crippen molar-refractivity contribution in [3.63, 3.8) is 0 Å². The molecule has 1 N–H and O–H groups in total. The number of aromatic nitrogens is 3. The van der Waals surface area contributed by atoms with E-state index in [4.69, 9.17) is 0 Å². The largest absolute Gasteiger partial charge is 0.350 e. The fraction of sp³-hybridized carbons (Fsp3) is 0.318. The van der Waals surface area contributed by atoms with Crippen molar-refractivity contribution in [3.05, 3.63) is 78.1 Å². The van der Waals surface area contributed by atoms with Crippen molar-refractivity contribution >= 4 is 5.91 Å². The second-order valence-corrected chi connectivity index (χ2v) is 7.20. The van der Waals surface area contributed by atoms with Crippen LogP contribution >= 0.6 is 0 Å². The average molecular weight is 360 g/mol. The Bertz CT molecular complexity index is 868. The smallest absolute Gasteiger partial charge is 0.271 e. The fourth-order valence-electron chi connectivity index (χ4n) is 3.90. The van der Waals surface area contributed by atoms with E-state index < -0.39 is 0 Å². The number of nitrogens with zero attached hydrogens (tertiary/aromatic N) is 3. The molecule has 1 aliphatic rings. The first kappa shape index (κ1) is 17.5. The van der Waals surface area contributed by atoms with Crippen LogP contribution in [0.3, 0.4) is 0 Å². The molecule has 1 amide bonds. The summed E-state index contributed by atoms with van der Waals surface area (Å²) < 4.78 is 1.58. The minimum absolute atomic E-state index is 0.117. The molecule has 2 aromatic carbocycles. The van der Waals surface area contributed by atoms with Crippen LogP contribution in [0.5, 0.6) is 0 Å². The molecule has 0 spiro atoms. The third-order valence-electron chi connectivity index (χ3n) is 5.45. The molecule has 5 nitrogen and oxygen atoms in total. The second-order valence-electron chi connectivity index (χ2n) is 7.20. The van der Waals surface area contributed by atoms with Crippen LogP contribution in [0.25, 0.3) is 5.69 Å². The van der Waals surface area contributed by atoms with Crippen LogP contribution in [-0.2, 0) is 0 Å². The van der Waals surface area contributed by atoms with Gasteiger partial charge in [-0.1, -0.05) is 53.7 Å². The molecule has 0 saturated heterocycles. The molecule has 0 unspecified atom stereocenters. The third kappa shape index (κ3) is 4.08. The van der Waals surface area contributed by atoms with E-state index in [0.717, 1.165) is 18.5 Å². The first-order valence-electron chi connectivity index (χ1n) is 9.60. The third-order valence-corrected chi connectivity index (χ3v) is 5.45. The number of para-hydroxylation sites is 1. The Morgan fingerprint density at radius 2 is 1.63 bits per heavy atom. The van der Waals surface area contributed by atoms with Gasteiger partial charge in [0.15, 0.2) is 5.69 Å². The van der Waals surface area contributed by atoms with Gasteiger partial charge in [0.1, 0.15) is 0 Å². The minimum atomic E-state index is -0.117. The maximum absolute atomic E-state index is 12.6. The van der Waals surface area contributed by atoms with Gasteiger partial charge in [-0.2, -0.15) is 0 Å². The summed E-state index contributed by atoms with van der Waals surface area (Å²) in [7, 11) is 0. The Morgan fingerprint density at radius 1 is 0.963 bits per heavy atom. The quantitative estimate of drug-likeness (QED) is 0.749. The molecule has 27 heavy (non-hydrogen) atoms. The molecule has 138 valence electrons. The standard InChI is InChI=1S/C22H24N4O/c27-22(21-16-24-25-26(21)20-9-5-2-6-10-20)23-15-17-11-13-19(14-12-17)18-7-3-1-4-8-18/h1-10,16-17,19H,11-15H2,(H,23,27). The van der Waals surface area contributed by atoms with Crippen molar-refractivity contribution in [3.8, 4) is 5.69 Å². The summed E-state index contributed by atoms with van der Waals surface area (Å²) >= 11 is 0. The number of hydrogen-bond acceptors (Lipinski definition) is 3. The van der Waals surface area contributed by atoms with E-state index in [9.17, 15) is 4.79 Å². The molecule has 1 aliphatic carbocycles. The van der Waals surface area contributed by atoms with Crippen molar-refractivity contribution in [1.29, 1.82) is 0 Å². The molecule has 1 heterocycles. The molecule has 0 bridgehead atoms. The number of carbonyl (C=O) groups is 1. The van der Waals surface area contributed by atoms with E-state index >= 15 is 0 Å². The number of carbonyl (C=O) groups excluding carboxylic acids is 1. The van der Waals surface area contributed by atoms with Gasteiger partial charge in [-0.05, 0) is 55.2 Å². The van der Waals surface area contributed by atoms with Gasteiger partial charge in [0, 0.05) is 6.54 Å². The first-order valence-corrected chi connectivity index (χ1v) is 9.60. The Morgan fingerprint density at radius 3 is 2.33 bits per heavy atom. The summed E-state index contributed by atoms with van der Waals surface area (Å²) in [5, 5.41) is 11.0. The van der Waals surface area contributed by atoms with Gasteiger partial charge in [0.2, 0.25) is 0 Å². The summed E-state index contributed by atoms with van der Waals surface area (Å²) in [5.41, 5.74) is 2.75. The van der Waals surface area contributed by atoms with E-state index in [1.165, 1.54) is 24.6 Å². The van der Waals surface area contributed by atoms with E-state index in [-0.39, 0.29) is 5.91 Å². The van der Waals surface area contributed by atoms with Crippen molar-refractivity contribution in [2.75, 3.05) is 6.54 Å². The predicted octanol–water partition coefficient (Wildman–Crippen LogP) is 3.97. The van der Waals surface area contributed by atoms with Crippen molar-refractivity contribution in [2.45, 2.75) is 31.6 Å². The maximum Gasteiger partial charge on any atom is 0.271 e. The van der Waals surface area contributed by atoms with Crippen LogP contribution in [0, 0.1) is 5.92 Å². The van der Waals surface area contributed by atoms with Gasteiger partial charge in [0.25, 0.3) is 5.91 Å². The van der Waals surface area contributed by atoms with Crippen molar-refractivity contribution < 1.29 is 4.79 Å². The van der Waals surface area contributed by atoms with Gasteiger partial charge in [-0.3, -0.25) is 4.79 Å². The highest BCUT2D eigenvalue weighted by Gasteiger charge is 2.23. The molecule has 4 rings (SSSR count). The Balaban J connectivity index is 1.32. The summed E-state index contributed by atoms with van der Waals surface area (Å²) in [6, 6.07) is 20.4. The van der Waals surface area contributed by atoms with Gasteiger partial charge in [-0.15, -0.1) is 5.10 Å². The number of hydrogen-bond donors (Lipinski definition) is 1. The Kier molecular flexibility index (Phi) is 5.28. The molecule has 0 radical (unpaired) electrons. The van der Waals surface area contributed by atoms with E-state index in [0.29, 0.717) is 24.1 Å². The molecule has 3 aromatic rings. The minimum Gasteiger partial charge on any atom is -0.350 e. The lowest BCUT2D eigenvalue weighted by Gasteiger charge is -2.28. The zero-order chi connectivity index (χ0) is 18.5. The molecule has 1 saturated carbocycles. The van der Waals surface area contributed by atoms with Gasteiger partial charge in [0.05, 0.1) is 11.9 Å². The predicted molar refractivity (Wildman–Crippen MR) is 105 cm³/mol. The lowest BCUT2D eigenvalue weighted by atomic mass is 9.79. The van der Waals surface area contributed by atoms with Gasteiger partial charge < -0.3 is 5.32 Å². The Hall–Kier alpha value is -2.95. The van der Waals surface area contributed by atoms with Crippen molar-refractivity contribution in [1.82, 2.24) is 20.3 Å².